The summed E-state index contributed by atoms with van der Waals surface area (Å²) in [7, 11) is 0. The molecule has 1 unspecified atom stereocenters. The van der Waals surface area contributed by atoms with Crippen LogP contribution >= 0.6 is 0 Å². The molecule has 1 saturated carbocycles. The third kappa shape index (κ3) is 6.93. The summed E-state index contributed by atoms with van der Waals surface area (Å²) in [5.74, 6) is 6.64. The fraction of sp³-hybridized carbons (Fsp3) is 0.571. The summed E-state index contributed by atoms with van der Waals surface area (Å²) in [6, 6.07) is 6.83. The second-order valence-electron chi connectivity index (χ2n) is 7.76. The molecule has 0 spiro atoms. The molecule has 0 aliphatic heterocycles. The first-order chi connectivity index (χ1) is 12.8. The lowest BCUT2D eigenvalue weighted by Crippen LogP contribution is -2.37. The molecule has 0 saturated heterocycles. The number of ether oxygens (including phenoxy) is 2. The molecule has 1 aromatic rings. The van der Waals surface area contributed by atoms with Crippen LogP contribution in [0.4, 0.5) is 4.79 Å². The van der Waals surface area contributed by atoms with Crippen molar-refractivity contribution in [3.05, 3.63) is 34.7 Å². The molecule has 1 aliphatic carbocycles. The Bertz CT molecular complexity index is 709. The highest BCUT2D eigenvalue weighted by Crippen LogP contribution is 2.23. The molecule has 6 nitrogen and oxygen atoms in total. The van der Waals surface area contributed by atoms with E-state index in [1.807, 2.05) is 24.3 Å². The quantitative estimate of drug-likeness (QED) is 0.421. The summed E-state index contributed by atoms with van der Waals surface area (Å²) in [6.45, 7) is 6.80. The van der Waals surface area contributed by atoms with Gasteiger partial charge >= 0.3 is 6.09 Å². The van der Waals surface area contributed by atoms with E-state index < -0.39 is 17.7 Å². The van der Waals surface area contributed by atoms with Crippen LogP contribution in [0.5, 0.6) is 5.75 Å². The maximum absolute atomic E-state index is 12.0. The van der Waals surface area contributed by atoms with Crippen molar-refractivity contribution >= 4 is 6.09 Å². The Kier molecular flexibility index (Phi) is 7.23. The Labute approximate surface area is 161 Å². The average molecular weight is 372 g/mol. The first kappa shape index (κ1) is 20.8. The number of rotatable bonds is 4. The van der Waals surface area contributed by atoms with Gasteiger partial charge in [-0.15, -0.1) is 9.92 Å². The van der Waals surface area contributed by atoms with Crippen LogP contribution in [0, 0.1) is 16.7 Å². The Hall–Kier alpha value is -2.55. The number of nitroso groups, excluding NO2 is 1. The van der Waals surface area contributed by atoms with Gasteiger partial charge in [0.1, 0.15) is 17.4 Å². The second-order valence-corrected chi connectivity index (χ2v) is 7.76. The van der Waals surface area contributed by atoms with Crippen LogP contribution in [-0.4, -0.2) is 28.8 Å². The van der Waals surface area contributed by atoms with E-state index in [1.165, 1.54) is 19.3 Å². The van der Waals surface area contributed by atoms with Gasteiger partial charge in [-0.3, -0.25) is 0 Å². The maximum Gasteiger partial charge on any atom is 0.434 e. The van der Waals surface area contributed by atoms with Crippen LogP contribution in [0.2, 0.25) is 0 Å². The lowest BCUT2D eigenvalue weighted by molar-refractivity contribution is 0.0219. The van der Waals surface area contributed by atoms with Gasteiger partial charge in [0.2, 0.25) is 0 Å². The largest absolute Gasteiger partial charge is 0.490 e. The molecule has 1 atom stereocenters. The molecule has 0 heterocycles. The Morgan fingerprint density at radius 2 is 1.96 bits per heavy atom. The van der Waals surface area contributed by atoms with Gasteiger partial charge in [0.15, 0.2) is 0 Å². The SMILES string of the molecule is CC(C#Cc1cccc(OC2CCCCC2)c1)N(N=O)C(=O)OC(C)(C)C. The smallest absolute Gasteiger partial charge is 0.434 e. The van der Waals surface area contributed by atoms with Gasteiger partial charge in [-0.1, -0.05) is 24.3 Å². The van der Waals surface area contributed by atoms with Crippen molar-refractivity contribution in [3.8, 4) is 17.6 Å². The molecule has 6 heteroatoms. The summed E-state index contributed by atoms with van der Waals surface area (Å²) in [4.78, 5) is 23.1. The summed E-state index contributed by atoms with van der Waals surface area (Å²) in [5, 5.41) is 3.47. The number of carbonyl (C=O) groups is 1. The van der Waals surface area contributed by atoms with Crippen LogP contribution < -0.4 is 4.74 Å². The molecule has 0 N–H and O–H groups in total. The zero-order valence-corrected chi connectivity index (χ0v) is 16.5. The molecular weight excluding hydrogens is 344 g/mol. The minimum atomic E-state index is -0.811. The minimum absolute atomic E-state index is 0.266. The zero-order chi connectivity index (χ0) is 19.9. The van der Waals surface area contributed by atoms with E-state index in [0.29, 0.717) is 5.01 Å². The van der Waals surface area contributed by atoms with Crippen LogP contribution in [0.3, 0.4) is 0 Å². The normalized spacial score (nSPS) is 15.9. The molecule has 27 heavy (non-hydrogen) atoms. The van der Waals surface area contributed by atoms with Gasteiger partial charge in [-0.25, -0.2) is 4.79 Å². The number of amides is 1. The highest BCUT2D eigenvalue weighted by molar-refractivity contribution is 5.68. The predicted octanol–water partition coefficient (Wildman–Crippen LogP) is 5.06. The lowest BCUT2D eigenvalue weighted by atomic mass is 9.98. The van der Waals surface area contributed by atoms with E-state index in [0.717, 1.165) is 24.2 Å². The summed E-state index contributed by atoms with van der Waals surface area (Å²) in [5.41, 5.74) is 0.0445. The van der Waals surface area contributed by atoms with Gasteiger partial charge in [0.05, 0.1) is 11.4 Å². The monoisotopic (exact) mass is 372 g/mol. The molecule has 1 amide bonds. The van der Waals surface area contributed by atoms with Crippen LogP contribution in [-0.2, 0) is 4.74 Å². The molecule has 0 bridgehead atoms. The summed E-state index contributed by atoms with van der Waals surface area (Å²) >= 11 is 0. The van der Waals surface area contributed by atoms with Gasteiger partial charge in [-0.05, 0) is 71.6 Å². The van der Waals surface area contributed by atoms with Crippen LogP contribution in [0.1, 0.15) is 65.4 Å². The molecule has 0 radical (unpaired) electrons. The van der Waals surface area contributed by atoms with Gasteiger partial charge in [0.25, 0.3) is 0 Å². The fourth-order valence-electron chi connectivity index (χ4n) is 2.84. The molecule has 1 aromatic carbocycles. The third-order valence-corrected chi connectivity index (χ3v) is 4.15. The lowest BCUT2D eigenvalue weighted by Gasteiger charge is -2.23. The number of hydrogen-bond donors (Lipinski definition) is 0. The van der Waals surface area contributed by atoms with Crippen LogP contribution in [0.25, 0.3) is 0 Å². The van der Waals surface area contributed by atoms with E-state index in [1.54, 1.807) is 27.7 Å². The maximum atomic E-state index is 12.0. The highest BCUT2D eigenvalue weighted by atomic mass is 16.6. The average Bonchev–Trinajstić information content (AvgIpc) is 2.60. The molecule has 1 fully saturated rings. The Morgan fingerprint density at radius 3 is 2.59 bits per heavy atom. The van der Waals surface area contributed by atoms with Crippen molar-refractivity contribution < 1.29 is 14.3 Å². The number of benzene rings is 1. The van der Waals surface area contributed by atoms with E-state index in [9.17, 15) is 9.70 Å². The molecule has 146 valence electrons. The van der Waals surface area contributed by atoms with Crippen molar-refractivity contribution in [2.45, 2.75) is 77.5 Å². The Balaban J connectivity index is 2.03. The van der Waals surface area contributed by atoms with Crippen molar-refractivity contribution in [1.82, 2.24) is 5.01 Å². The first-order valence-corrected chi connectivity index (χ1v) is 9.42. The zero-order valence-electron chi connectivity index (χ0n) is 16.5. The minimum Gasteiger partial charge on any atom is -0.490 e. The van der Waals surface area contributed by atoms with Gasteiger partial charge in [0, 0.05) is 5.56 Å². The van der Waals surface area contributed by atoms with E-state index >= 15 is 0 Å². The van der Waals surface area contributed by atoms with E-state index in [-0.39, 0.29) is 6.10 Å². The van der Waals surface area contributed by atoms with Gasteiger partial charge < -0.3 is 9.47 Å². The first-order valence-electron chi connectivity index (χ1n) is 9.42. The molecular formula is C21H28N2O4. The Morgan fingerprint density at radius 1 is 1.26 bits per heavy atom. The number of carbonyl (C=O) groups excluding carboxylic acids is 1. The van der Waals surface area contributed by atoms with Crippen molar-refractivity contribution in [2.24, 2.45) is 5.29 Å². The molecule has 1 aliphatic rings. The second kappa shape index (κ2) is 9.40. The summed E-state index contributed by atoms with van der Waals surface area (Å²) in [6.07, 6.45) is 5.33. The number of nitrogens with zero attached hydrogens (tertiary/aromatic N) is 2. The third-order valence-electron chi connectivity index (χ3n) is 4.15. The molecule has 2 rings (SSSR count). The standard InChI is InChI=1S/C21H28N2O4/c1-16(23(22-25)20(24)27-21(2,3)4)13-14-17-9-8-12-19(15-17)26-18-10-6-5-7-11-18/h8-9,12,15-16,18H,5-7,10-11H2,1-4H3. The highest BCUT2D eigenvalue weighted by Gasteiger charge is 2.26. The predicted molar refractivity (Wildman–Crippen MR) is 104 cm³/mol. The van der Waals surface area contributed by atoms with Gasteiger partial charge in [-0.2, -0.15) is 0 Å². The summed E-state index contributed by atoms with van der Waals surface area (Å²) < 4.78 is 11.2. The van der Waals surface area contributed by atoms with Crippen molar-refractivity contribution in [2.75, 3.05) is 0 Å². The topological polar surface area (TPSA) is 68.2 Å². The van der Waals surface area contributed by atoms with E-state index in [4.69, 9.17) is 9.47 Å². The molecule has 0 aromatic heterocycles. The fourth-order valence-corrected chi connectivity index (χ4v) is 2.84. The van der Waals surface area contributed by atoms with E-state index in [2.05, 4.69) is 17.1 Å². The number of hydrogen-bond acceptors (Lipinski definition) is 5. The van der Waals surface area contributed by atoms with Crippen LogP contribution in [0.15, 0.2) is 29.6 Å². The van der Waals surface area contributed by atoms with Crippen molar-refractivity contribution in [1.29, 1.82) is 0 Å². The van der Waals surface area contributed by atoms with Crippen molar-refractivity contribution in [3.63, 3.8) is 0 Å².